The van der Waals surface area contributed by atoms with Gasteiger partial charge in [-0.2, -0.15) is 9.78 Å². The predicted octanol–water partition coefficient (Wildman–Crippen LogP) is 5.76. The van der Waals surface area contributed by atoms with Gasteiger partial charge < -0.3 is 9.47 Å². The summed E-state index contributed by atoms with van der Waals surface area (Å²) in [5.41, 5.74) is 1.13. The lowest BCUT2D eigenvalue weighted by atomic mass is 9.88. The van der Waals surface area contributed by atoms with E-state index in [0.717, 1.165) is 30.2 Å². The van der Waals surface area contributed by atoms with E-state index in [0.29, 0.717) is 38.8 Å². The van der Waals surface area contributed by atoms with Crippen molar-refractivity contribution in [3.63, 3.8) is 0 Å². The van der Waals surface area contributed by atoms with E-state index in [-0.39, 0.29) is 18.1 Å². The summed E-state index contributed by atoms with van der Waals surface area (Å²) < 4.78 is 13.1. The van der Waals surface area contributed by atoms with Crippen molar-refractivity contribution in [2.45, 2.75) is 38.0 Å². The van der Waals surface area contributed by atoms with Gasteiger partial charge in [-0.3, -0.25) is 4.79 Å². The maximum atomic E-state index is 13.4. The zero-order chi connectivity index (χ0) is 23.4. The molecule has 0 saturated heterocycles. The largest absolute Gasteiger partial charge is 0.493 e. The zero-order valence-electron chi connectivity index (χ0n) is 18.2. The standard InChI is InChI=1S/C25H23BrClN3O3/c1-3-11-33-23-20(27)12-16(13-22(23)32-2)15-28-30-24(17-7-5-4-6-8-17)29-21-10-9-18(26)14-19(21)25(30)31/h1,9-10,12-15,17H,4-8,11H2,2H3. The van der Waals surface area contributed by atoms with Crippen LogP contribution in [0.25, 0.3) is 10.9 Å². The van der Waals surface area contributed by atoms with E-state index in [4.69, 9.17) is 32.5 Å². The molecule has 6 nitrogen and oxygen atoms in total. The molecule has 1 aromatic heterocycles. The Morgan fingerprint density at radius 3 is 2.82 bits per heavy atom. The fraction of sp³-hybridized carbons (Fsp3) is 0.320. The fourth-order valence-corrected chi connectivity index (χ4v) is 4.73. The van der Waals surface area contributed by atoms with Crippen molar-refractivity contribution in [2.75, 3.05) is 13.7 Å². The zero-order valence-corrected chi connectivity index (χ0v) is 20.5. The lowest BCUT2D eigenvalue weighted by Crippen LogP contribution is -2.25. The predicted molar refractivity (Wildman–Crippen MR) is 135 cm³/mol. The summed E-state index contributed by atoms with van der Waals surface area (Å²) in [6, 6.07) is 8.96. The summed E-state index contributed by atoms with van der Waals surface area (Å²) >= 11 is 9.83. The molecular formula is C25H23BrClN3O3. The van der Waals surface area contributed by atoms with Gasteiger partial charge in [0.25, 0.3) is 5.56 Å². The van der Waals surface area contributed by atoms with Gasteiger partial charge in [0.1, 0.15) is 12.4 Å². The molecule has 1 aliphatic rings. The molecular weight excluding hydrogens is 506 g/mol. The molecule has 2 aromatic carbocycles. The molecule has 0 aliphatic heterocycles. The van der Waals surface area contributed by atoms with E-state index in [1.54, 1.807) is 24.4 Å². The smallest absolute Gasteiger partial charge is 0.282 e. The first-order valence-corrected chi connectivity index (χ1v) is 11.9. The molecule has 0 atom stereocenters. The second-order valence-corrected chi connectivity index (χ2v) is 9.18. The topological polar surface area (TPSA) is 65.7 Å². The molecule has 170 valence electrons. The third-order valence-electron chi connectivity index (χ3n) is 5.68. The normalized spacial score (nSPS) is 14.5. The number of terminal acetylenes is 1. The van der Waals surface area contributed by atoms with Crippen molar-refractivity contribution in [1.29, 1.82) is 0 Å². The second-order valence-electron chi connectivity index (χ2n) is 7.85. The number of aromatic nitrogens is 2. The molecule has 4 rings (SSSR count). The quantitative estimate of drug-likeness (QED) is 0.301. The average molecular weight is 529 g/mol. The Kier molecular flexibility index (Phi) is 7.36. The number of ether oxygens (including phenoxy) is 2. The third-order valence-corrected chi connectivity index (χ3v) is 6.45. The number of nitrogens with zero attached hydrogens (tertiary/aromatic N) is 3. The van der Waals surface area contributed by atoms with Crippen LogP contribution < -0.4 is 15.0 Å². The van der Waals surface area contributed by atoms with Crippen molar-refractivity contribution >= 4 is 44.6 Å². The van der Waals surface area contributed by atoms with Crippen molar-refractivity contribution in [1.82, 2.24) is 9.66 Å². The van der Waals surface area contributed by atoms with Crippen molar-refractivity contribution in [2.24, 2.45) is 5.10 Å². The Labute approximate surface area is 205 Å². The Bertz CT molecular complexity index is 1310. The molecule has 8 heteroatoms. The van der Waals surface area contributed by atoms with E-state index in [9.17, 15) is 4.79 Å². The lowest BCUT2D eigenvalue weighted by molar-refractivity contribution is 0.331. The molecule has 1 heterocycles. The first kappa shape index (κ1) is 23.3. The van der Waals surface area contributed by atoms with Crippen LogP contribution in [0.5, 0.6) is 11.5 Å². The minimum absolute atomic E-state index is 0.0714. The van der Waals surface area contributed by atoms with Crippen molar-refractivity contribution in [3.8, 4) is 23.8 Å². The minimum atomic E-state index is -0.204. The van der Waals surface area contributed by atoms with Gasteiger partial charge in [0.2, 0.25) is 0 Å². The molecule has 3 aromatic rings. The monoisotopic (exact) mass is 527 g/mol. The Balaban J connectivity index is 1.80. The highest BCUT2D eigenvalue weighted by Gasteiger charge is 2.22. The van der Waals surface area contributed by atoms with Crippen LogP contribution in [0.3, 0.4) is 0 Å². The van der Waals surface area contributed by atoms with Crippen LogP contribution in [0.15, 0.2) is 44.7 Å². The molecule has 0 unspecified atom stereocenters. The van der Waals surface area contributed by atoms with Crippen LogP contribution in [-0.4, -0.2) is 29.6 Å². The molecule has 1 fully saturated rings. The molecule has 0 amide bonds. The molecule has 1 saturated carbocycles. The fourth-order valence-electron chi connectivity index (χ4n) is 4.10. The Morgan fingerprint density at radius 1 is 1.30 bits per heavy atom. The highest BCUT2D eigenvalue weighted by atomic mass is 79.9. The summed E-state index contributed by atoms with van der Waals surface area (Å²) in [6.07, 6.45) is 12.3. The van der Waals surface area contributed by atoms with Crippen molar-refractivity contribution in [3.05, 3.63) is 61.6 Å². The van der Waals surface area contributed by atoms with Gasteiger partial charge in [-0.05, 0) is 48.7 Å². The first-order valence-electron chi connectivity index (χ1n) is 10.7. The number of methoxy groups -OCH3 is 1. The molecule has 0 radical (unpaired) electrons. The molecule has 0 bridgehead atoms. The van der Waals surface area contributed by atoms with Gasteiger partial charge in [-0.1, -0.05) is 52.7 Å². The summed E-state index contributed by atoms with van der Waals surface area (Å²) in [5.74, 6) is 4.09. The first-order chi connectivity index (χ1) is 16.0. The number of rotatable bonds is 6. The molecule has 0 spiro atoms. The number of halogens is 2. The van der Waals surface area contributed by atoms with Gasteiger partial charge in [-0.25, -0.2) is 4.98 Å². The van der Waals surface area contributed by atoms with Crippen LogP contribution in [-0.2, 0) is 0 Å². The summed E-state index contributed by atoms with van der Waals surface area (Å²) in [5, 5.41) is 5.40. The lowest BCUT2D eigenvalue weighted by Gasteiger charge is -2.22. The Morgan fingerprint density at radius 2 is 2.09 bits per heavy atom. The number of benzene rings is 2. The van der Waals surface area contributed by atoms with Gasteiger partial charge in [0.05, 0.1) is 29.2 Å². The number of hydrogen-bond donors (Lipinski definition) is 0. The van der Waals surface area contributed by atoms with Gasteiger partial charge in [0.15, 0.2) is 11.5 Å². The second kappa shape index (κ2) is 10.4. The van der Waals surface area contributed by atoms with Gasteiger partial charge in [-0.15, -0.1) is 6.42 Å². The van der Waals surface area contributed by atoms with E-state index in [1.165, 1.54) is 18.2 Å². The van der Waals surface area contributed by atoms with E-state index in [2.05, 4.69) is 27.0 Å². The van der Waals surface area contributed by atoms with E-state index in [1.807, 2.05) is 12.1 Å². The van der Waals surface area contributed by atoms with E-state index < -0.39 is 0 Å². The Hall–Kier alpha value is -2.82. The van der Waals surface area contributed by atoms with Crippen LogP contribution >= 0.6 is 27.5 Å². The van der Waals surface area contributed by atoms with Crippen LogP contribution in [0.2, 0.25) is 5.02 Å². The summed E-state index contributed by atoms with van der Waals surface area (Å²) in [6.45, 7) is 0.0714. The molecule has 0 N–H and O–H groups in total. The SMILES string of the molecule is C#CCOc1c(Cl)cc(C=Nn2c(C3CCCCC3)nc3ccc(Br)cc3c2=O)cc1OC. The highest BCUT2D eigenvalue weighted by Crippen LogP contribution is 2.36. The van der Waals surface area contributed by atoms with Crippen LogP contribution in [0.4, 0.5) is 0 Å². The van der Waals surface area contributed by atoms with Crippen molar-refractivity contribution < 1.29 is 9.47 Å². The number of hydrogen-bond acceptors (Lipinski definition) is 5. The van der Waals surface area contributed by atoms with Crippen LogP contribution in [0.1, 0.15) is 49.4 Å². The maximum absolute atomic E-state index is 13.4. The summed E-state index contributed by atoms with van der Waals surface area (Å²) in [4.78, 5) is 18.3. The maximum Gasteiger partial charge on any atom is 0.282 e. The van der Waals surface area contributed by atoms with E-state index >= 15 is 0 Å². The van der Waals surface area contributed by atoms with Gasteiger partial charge >= 0.3 is 0 Å². The van der Waals surface area contributed by atoms with Gasteiger partial charge in [0, 0.05) is 10.4 Å². The highest BCUT2D eigenvalue weighted by molar-refractivity contribution is 9.10. The molecule has 1 aliphatic carbocycles. The average Bonchev–Trinajstić information content (AvgIpc) is 2.83. The molecule has 33 heavy (non-hydrogen) atoms. The number of fused-ring (bicyclic) bond motifs is 1. The summed E-state index contributed by atoms with van der Waals surface area (Å²) in [7, 11) is 1.52. The minimum Gasteiger partial charge on any atom is -0.493 e. The van der Waals surface area contributed by atoms with Crippen LogP contribution in [0, 0.1) is 12.3 Å². The third kappa shape index (κ3) is 5.07.